The summed E-state index contributed by atoms with van der Waals surface area (Å²) >= 11 is 6.14. The van der Waals surface area contributed by atoms with Crippen molar-refractivity contribution in [2.75, 3.05) is 23.4 Å². The lowest BCUT2D eigenvalue weighted by Crippen LogP contribution is -2.42. The maximum absolute atomic E-state index is 14.0. The molecule has 0 radical (unpaired) electrons. The van der Waals surface area contributed by atoms with E-state index in [2.05, 4.69) is 26.2 Å². The molecule has 2 saturated carbocycles. The van der Waals surface area contributed by atoms with Gasteiger partial charge in [-0.15, -0.1) is 11.8 Å². The van der Waals surface area contributed by atoms with Crippen molar-refractivity contribution in [3.8, 4) is 11.5 Å². The molecule has 0 unspecified atom stereocenters. The molecule has 51 heavy (non-hydrogen) atoms. The molecule has 4 aliphatic rings. The van der Waals surface area contributed by atoms with Gasteiger partial charge in [-0.2, -0.15) is 13.2 Å². The Morgan fingerprint density at radius 1 is 0.980 bits per heavy atom. The lowest BCUT2D eigenvalue weighted by atomic mass is 9.68. The van der Waals surface area contributed by atoms with Crippen LogP contribution < -0.4 is 24.6 Å². The van der Waals surface area contributed by atoms with E-state index >= 15 is 0 Å². The zero-order chi connectivity index (χ0) is 35.8. The van der Waals surface area contributed by atoms with E-state index in [4.69, 9.17) is 9.47 Å². The van der Waals surface area contributed by atoms with E-state index < -0.39 is 36.1 Å². The fraction of sp³-hybridized carbons (Fsp3) is 0.333. The van der Waals surface area contributed by atoms with E-state index in [0.717, 1.165) is 43.8 Å². The highest BCUT2D eigenvalue weighted by Crippen LogP contribution is 2.69. The van der Waals surface area contributed by atoms with E-state index in [1.807, 2.05) is 6.07 Å². The molecule has 2 aliphatic heterocycles. The Balaban J connectivity index is 1.08. The van der Waals surface area contributed by atoms with Crippen LogP contribution >= 0.6 is 39.0 Å². The Hall–Kier alpha value is -4.08. The van der Waals surface area contributed by atoms with Gasteiger partial charge in [0, 0.05) is 20.5 Å². The molecule has 15 heteroatoms. The molecule has 9 nitrogen and oxygen atoms in total. The molecule has 3 aromatic carbocycles. The normalized spacial score (nSPS) is 26.1. The highest BCUT2D eigenvalue weighted by Gasteiger charge is 2.69. The summed E-state index contributed by atoms with van der Waals surface area (Å²) in [4.78, 5) is 58.4. The number of H-pyrrole nitrogens is 1. The lowest BCUT2D eigenvalue weighted by molar-refractivity contribution is -0.137. The second-order valence-electron chi connectivity index (χ2n) is 13.0. The number of halogens is 4. The summed E-state index contributed by atoms with van der Waals surface area (Å²) < 4.78 is 52.9. The molecule has 2 N–H and O–H groups in total. The van der Waals surface area contributed by atoms with Crippen molar-refractivity contribution >= 4 is 68.1 Å². The van der Waals surface area contributed by atoms with E-state index in [1.54, 1.807) is 55.1 Å². The van der Waals surface area contributed by atoms with Crippen molar-refractivity contribution in [2.45, 2.75) is 35.7 Å². The van der Waals surface area contributed by atoms with Gasteiger partial charge in [-0.3, -0.25) is 24.1 Å². The number of carbonyl (C=O) groups excluding carboxylic acids is 3. The molecule has 1 saturated heterocycles. The van der Waals surface area contributed by atoms with Gasteiger partial charge in [0.05, 0.1) is 40.4 Å². The van der Waals surface area contributed by atoms with Crippen molar-refractivity contribution in [3.63, 3.8) is 0 Å². The molecule has 264 valence electrons. The number of nitrogens with zero attached hydrogens (tertiary/aromatic N) is 1. The maximum atomic E-state index is 14.0. The average molecular weight is 801 g/mol. The van der Waals surface area contributed by atoms with Gasteiger partial charge >= 0.3 is 11.0 Å². The van der Waals surface area contributed by atoms with Crippen molar-refractivity contribution in [2.24, 2.45) is 29.6 Å². The molecule has 3 amide bonds. The fourth-order valence-corrected chi connectivity index (χ4v) is 11.7. The predicted molar refractivity (Wildman–Crippen MR) is 188 cm³/mol. The Morgan fingerprint density at radius 2 is 1.71 bits per heavy atom. The Labute approximate surface area is 306 Å². The van der Waals surface area contributed by atoms with Crippen LogP contribution in [0.4, 0.5) is 24.5 Å². The number of amides is 3. The van der Waals surface area contributed by atoms with Gasteiger partial charge in [0.2, 0.25) is 11.8 Å². The molecule has 8 rings (SSSR count). The Morgan fingerprint density at radius 3 is 2.43 bits per heavy atom. The summed E-state index contributed by atoms with van der Waals surface area (Å²) in [6, 6.07) is 17.1. The lowest BCUT2D eigenvalue weighted by Gasteiger charge is -2.43. The van der Waals surface area contributed by atoms with Crippen molar-refractivity contribution in [3.05, 3.63) is 96.9 Å². The van der Waals surface area contributed by atoms with Crippen LogP contribution in [-0.2, 0) is 20.6 Å². The molecule has 2 aliphatic carbocycles. The summed E-state index contributed by atoms with van der Waals surface area (Å²) in [5, 5.41) is 3.02. The van der Waals surface area contributed by atoms with Crippen LogP contribution in [0.5, 0.6) is 11.5 Å². The van der Waals surface area contributed by atoms with Gasteiger partial charge in [-0.05, 0) is 85.2 Å². The number of imide groups is 1. The van der Waals surface area contributed by atoms with Gasteiger partial charge in [0.1, 0.15) is 0 Å². The molecule has 2 bridgehead atoms. The largest absolute Gasteiger partial charge is 0.490 e. The Bertz CT molecular complexity index is 2120. The molecule has 7 atom stereocenters. The van der Waals surface area contributed by atoms with E-state index in [1.165, 1.54) is 23.1 Å². The van der Waals surface area contributed by atoms with Crippen LogP contribution in [0.3, 0.4) is 0 Å². The number of aromatic nitrogens is 1. The summed E-state index contributed by atoms with van der Waals surface area (Å²) in [5.74, 6) is -1.99. The smallest absolute Gasteiger partial charge is 0.418 e. The number of nitrogens with one attached hydrogen (secondary N) is 2. The van der Waals surface area contributed by atoms with Crippen LogP contribution in [0.1, 0.15) is 35.3 Å². The average Bonchev–Trinajstić information content (AvgIpc) is 3.83. The summed E-state index contributed by atoms with van der Waals surface area (Å²) in [6.45, 7) is 1.48. The minimum atomic E-state index is -4.65. The molecule has 1 aromatic heterocycles. The van der Waals surface area contributed by atoms with Crippen LogP contribution in [0.25, 0.3) is 0 Å². The second kappa shape index (κ2) is 12.8. The first kappa shape index (κ1) is 34.0. The number of hydrogen-bond donors (Lipinski definition) is 2. The van der Waals surface area contributed by atoms with Gasteiger partial charge in [0.15, 0.2) is 18.1 Å². The topological polar surface area (TPSA) is 118 Å². The third-order valence-corrected chi connectivity index (χ3v) is 13.4. The first-order chi connectivity index (χ1) is 24.4. The summed E-state index contributed by atoms with van der Waals surface area (Å²) in [6.07, 6.45) is -3.92. The zero-order valence-corrected chi connectivity index (χ0v) is 30.0. The molecule has 3 fully saturated rings. The van der Waals surface area contributed by atoms with E-state index in [0.29, 0.717) is 11.4 Å². The highest BCUT2D eigenvalue weighted by molar-refractivity contribution is 9.10. The fourth-order valence-electron chi connectivity index (χ4n) is 8.51. The number of hydrogen-bond acceptors (Lipinski definition) is 8. The van der Waals surface area contributed by atoms with E-state index in [9.17, 15) is 32.3 Å². The van der Waals surface area contributed by atoms with Crippen LogP contribution in [0.15, 0.2) is 81.0 Å². The second-order valence-corrected chi connectivity index (χ2v) is 16.1. The number of aromatic amines is 1. The highest BCUT2D eigenvalue weighted by atomic mass is 79.9. The van der Waals surface area contributed by atoms with Crippen molar-refractivity contribution in [1.29, 1.82) is 0 Å². The number of rotatable bonds is 8. The molecular formula is C36H29BrF3N3O6S2. The van der Waals surface area contributed by atoms with Crippen LogP contribution in [0.2, 0.25) is 0 Å². The SMILES string of the molecule is CCOc1cc([C@@H]2c3sc(=O)[nH]c3S[C@@H]3[C@@H]4C[C@@H]([C@@H]5C(=O)N(c6ccc(Br)cc6)C(=O)[C@@H]45)[C@H]23)ccc1OCC(=O)Nc1ccccc1C(F)(F)F. The number of carbonyl (C=O) groups is 3. The van der Waals surface area contributed by atoms with Crippen LogP contribution in [-0.4, -0.2) is 41.2 Å². The maximum Gasteiger partial charge on any atom is 0.418 e. The van der Waals surface area contributed by atoms with E-state index in [-0.39, 0.29) is 63.7 Å². The number of fused-ring (bicyclic) bond motifs is 9. The molecule has 4 aromatic rings. The minimum absolute atomic E-state index is 0.0182. The number of thioether (sulfide) groups is 1. The number of ether oxygens (including phenoxy) is 2. The molecule has 0 spiro atoms. The van der Waals surface area contributed by atoms with Gasteiger partial charge in [-0.1, -0.05) is 45.5 Å². The third-order valence-electron chi connectivity index (χ3n) is 10.3. The monoisotopic (exact) mass is 799 g/mol. The standard InChI is InChI=1S/C36H29BrF3N3O6S2/c1-2-48-24-13-16(7-12-23(24)49-15-25(44)41-22-6-4-3-5-21(22)36(38,39)40)26-27-19-14-20(30(27)50-32-31(26)51-35(47)42-32)29-28(19)33(45)43(34(29)46)18-10-8-17(37)9-11-18/h3-13,19-20,26-30H,2,14-15H2,1H3,(H,41,44)(H,42,47)/t19-,20-,26+,27-,28+,29+,30-/m1/s1. The Kier molecular flexibility index (Phi) is 8.57. The first-order valence-electron chi connectivity index (χ1n) is 16.3. The molecular weight excluding hydrogens is 771 g/mol. The molecule has 3 heterocycles. The van der Waals surface area contributed by atoms with Crippen LogP contribution in [0, 0.1) is 29.6 Å². The minimum Gasteiger partial charge on any atom is -0.490 e. The number of benzene rings is 3. The summed E-state index contributed by atoms with van der Waals surface area (Å²) in [5.41, 5.74) is 0.0322. The number of alkyl halides is 3. The zero-order valence-electron chi connectivity index (χ0n) is 26.7. The number of para-hydroxylation sites is 1. The van der Waals surface area contributed by atoms with Gasteiger partial charge in [0.25, 0.3) is 5.91 Å². The predicted octanol–water partition coefficient (Wildman–Crippen LogP) is 7.31. The first-order valence-corrected chi connectivity index (χ1v) is 18.8. The third kappa shape index (κ3) is 5.77. The van der Waals surface area contributed by atoms with Gasteiger partial charge in [-0.25, -0.2) is 0 Å². The van der Waals surface area contributed by atoms with Crippen molar-refractivity contribution < 1.29 is 37.0 Å². The van der Waals surface area contributed by atoms with Crippen molar-refractivity contribution in [1.82, 2.24) is 4.98 Å². The number of anilines is 2. The van der Waals surface area contributed by atoms with Gasteiger partial charge < -0.3 is 19.8 Å². The summed E-state index contributed by atoms with van der Waals surface area (Å²) in [7, 11) is 0. The number of thiazole rings is 1. The quantitative estimate of drug-likeness (QED) is 0.180.